The lowest BCUT2D eigenvalue weighted by Crippen LogP contribution is -2.63. The van der Waals surface area contributed by atoms with Crippen LogP contribution in [0.2, 0.25) is 0 Å². The Kier molecular flexibility index (Phi) is 6.77. The number of carbonyl (C=O) groups is 1. The van der Waals surface area contributed by atoms with Crippen molar-refractivity contribution < 1.29 is 20.1 Å². The third-order valence-corrected chi connectivity index (χ3v) is 10.9. The second-order valence-electron chi connectivity index (χ2n) is 12.8. The van der Waals surface area contributed by atoms with Gasteiger partial charge in [0.1, 0.15) is 0 Å². The van der Waals surface area contributed by atoms with Crippen molar-refractivity contribution in [2.45, 2.75) is 117 Å². The van der Waals surface area contributed by atoms with Gasteiger partial charge in [-0.3, -0.25) is 4.79 Å². The lowest BCUT2D eigenvalue weighted by atomic mass is 9.43. The smallest absolute Gasteiger partial charge is 0.303 e. The molecule has 0 aromatic heterocycles. The van der Waals surface area contributed by atoms with Crippen LogP contribution in [0.5, 0.6) is 0 Å². The number of aliphatic hydroxyl groups is 2. The highest BCUT2D eigenvalue weighted by molar-refractivity contribution is 5.66. The molecule has 4 rings (SSSR count). The van der Waals surface area contributed by atoms with Crippen molar-refractivity contribution in [1.29, 1.82) is 0 Å². The molecule has 11 atom stereocenters. The molecule has 4 aliphatic carbocycles. The van der Waals surface area contributed by atoms with E-state index in [-0.39, 0.29) is 41.3 Å². The molecule has 5 nitrogen and oxygen atoms in total. The second-order valence-corrected chi connectivity index (χ2v) is 12.8. The van der Waals surface area contributed by atoms with Gasteiger partial charge in [0.05, 0.1) is 12.2 Å². The average Bonchev–Trinajstić information content (AvgIpc) is 3.06. The van der Waals surface area contributed by atoms with E-state index in [9.17, 15) is 15.0 Å². The van der Waals surface area contributed by atoms with Crippen LogP contribution in [0.4, 0.5) is 0 Å². The van der Waals surface area contributed by atoms with Crippen LogP contribution < -0.4 is 5.32 Å². The van der Waals surface area contributed by atoms with Gasteiger partial charge in [0.25, 0.3) is 0 Å². The highest BCUT2D eigenvalue weighted by atomic mass is 16.4. The zero-order valence-corrected chi connectivity index (χ0v) is 20.9. The van der Waals surface area contributed by atoms with E-state index in [4.69, 9.17) is 5.11 Å². The number of nitrogens with one attached hydrogen (secondary N) is 1. The van der Waals surface area contributed by atoms with Crippen molar-refractivity contribution in [1.82, 2.24) is 5.32 Å². The monoisotopic (exact) mass is 449 g/mol. The molecule has 3 unspecified atom stereocenters. The quantitative estimate of drug-likeness (QED) is 0.481. The van der Waals surface area contributed by atoms with E-state index in [0.29, 0.717) is 42.2 Å². The first-order chi connectivity index (χ1) is 15.0. The molecule has 5 heteroatoms. The Labute approximate surface area is 194 Å². The van der Waals surface area contributed by atoms with Crippen LogP contribution in [0.25, 0.3) is 0 Å². The van der Waals surface area contributed by atoms with Crippen molar-refractivity contribution >= 4 is 5.97 Å². The molecular weight excluding hydrogens is 402 g/mol. The molecule has 184 valence electrons. The van der Waals surface area contributed by atoms with Crippen LogP contribution in [0.15, 0.2) is 0 Å². The van der Waals surface area contributed by atoms with E-state index < -0.39 is 5.97 Å². The predicted molar refractivity (Wildman–Crippen MR) is 126 cm³/mol. The van der Waals surface area contributed by atoms with Crippen LogP contribution in [0.3, 0.4) is 0 Å². The van der Waals surface area contributed by atoms with Crippen molar-refractivity contribution in [2.24, 2.45) is 46.3 Å². The Morgan fingerprint density at radius 1 is 1.03 bits per heavy atom. The molecule has 32 heavy (non-hydrogen) atoms. The number of aliphatic hydroxyl groups excluding tert-OH is 2. The SMILES string of the molecule is CC(C)NC1CC[C@@]2(C)[C@@H](C1)CC(O)[C@@H]1[C@@H]2CC(O)[C@]2(C)[C@@H]([C@H](C)CCC(=O)O)CC[C@@H]12. The maximum absolute atomic E-state index is 11.6. The van der Waals surface area contributed by atoms with E-state index in [0.717, 1.165) is 32.1 Å². The maximum Gasteiger partial charge on any atom is 0.303 e. The number of carboxylic acids is 1. The molecule has 4 aliphatic rings. The Morgan fingerprint density at radius 2 is 1.75 bits per heavy atom. The summed E-state index contributed by atoms with van der Waals surface area (Å²) in [6, 6.07) is 1.03. The number of hydrogen-bond acceptors (Lipinski definition) is 4. The summed E-state index contributed by atoms with van der Waals surface area (Å²) < 4.78 is 0. The molecule has 0 spiro atoms. The molecule has 4 fully saturated rings. The van der Waals surface area contributed by atoms with E-state index >= 15 is 0 Å². The minimum absolute atomic E-state index is 0.203. The van der Waals surface area contributed by atoms with Gasteiger partial charge in [-0.2, -0.15) is 0 Å². The van der Waals surface area contributed by atoms with Gasteiger partial charge in [0.15, 0.2) is 0 Å². The first-order valence-corrected chi connectivity index (χ1v) is 13.3. The Bertz CT molecular complexity index is 697. The normalized spacial score (nSPS) is 49.2. The number of hydrogen-bond donors (Lipinski definition) is 4. The van der Waals surface area contributed by atoms with Gasteiger partial charge in [-0.1, -0.05) is 34.6 Å². The van der Waals surface area contributed by atoms with Crippen molar-refractivity contribution in [3.63, 3.8) is 0 Å². The molecule has 0 aromatic carbocycles. The summed E-state index contributed by atoms with van der Waals surface area (Å²) >= 11 is 0. The standard InChI is InChI=1S/C27H47NO4/c1-15(2)28-18-10-11-26(4)17(12-18)13-22(29)25-20-8-7-19(16(3)6-9-24(31)32)27(20,5)23(30)14-21(25)26/h15-23,25,28-30H,6-14H2,1-5H3,(H,31,32)/t16-,17+,18?,19-,20+,21+,22?,23?,25+,26+,27-/m1/s1. The van der Waals surface area contributed by atoms with Crippen molar-refractivity contribution in [3.8, 4) is 0 Å². The number of aliphatic carboxylic acids is 1. The second kappa shape index (κ2) is 8.85. The molecular formula is C27H47NO4. The van der Waals surface area contributed by atoms with Gasteiger partial charge in [0.2, 0.25) is 0 Å². The molecule has 0 heterocycles. The van der Waals surface area contributed by atoms with Gasteiger partial charge in [-0.15, -0.1) is 0 Å². The molecule has 0 bridgehead atoms. The summed E-state index contributed by atoms with van der Waals surface area (Å²) in [6.45, 7) is 11.3. The van der Waals surface area contributed by atoms with Crippen molar-refractivity contribution in [2.75, 3.05) is 0 Å². The van der Waals surface area contributed by atoms with E-state index in [1.54, 1.807) is 0 Å². The first kappa shape index (κ1) is 24.5. The highest BCUT2D eigenvalue weighted by Gasteiger charge is 2.65. The molecule has 0 aliphatic heterocycles. The Morgan fingerprint density at radius 3 is 2.41 bits per heavy atom. The zero-order chi connectivity index (χ0) is 23.4. The molecule has 0 radical (unpaired) electrons. The molecule has 0 aromatic rings. The Hall–Kier alpha value is -0.650. The van der Waals surface area contributed by atoms with Crippen LogP contribution in [0.1, 0.15) is 92.4 Å². The summed E-state index contributed by atoms with van der Waals surface area (Å²) in [6.07, 6.45) is 7.57. The number of rotatable bonds is 6. The zero-order valence-electron chi connectivity index (χ0n) is 20.9. The fraction of sp³-hybridized carbons (Fsp3) is 0.963. The van der Waals surface area contributed by atoms with Gasteiger partial charge in [-0.05, 0) is 97.7 Å². The topological polar surface area (TPSA) is 89.8 Å². The summed E-state index contributed by atoms with van der Waals surface area (Å²) in [5.41, 5.74) is -0.00591. The van der Waals surface area contributed by atoms with Crippen LogP contribution in [-0.4, -0.2) is 45.6 Å². The fourth-order valence-electron chi connectivity index (χ4n) is 9.33. The summed E-state index contributed by atoms with van der Waals surface area (Å²) in [5.74, 6) is 1.42. The van der Waals surface area contributed by atoms with Gasteiger partial charge in [0, 0.05) is 18.5 Å². The largest absolute Gasteiger partial charge is 0.481 e. The lowest BCUT2D eigenvalue weighted by molar-refractivity contribution is -0.202. The highest BCUT2D eigenvalue weighted by Crippen LogP contribution is 2.68. The minimum atomic E-state index is -0.731. The third kappa shape index (κ3) is 3.94. The number of carboxylic acid groups (broad SMARTS) is 1. The molecule has 4 N–H and O–H groups in total. The average molecular weight is 450 g/mol. The predicted octanol–water partition coefficient (Wildman–Crippen LogP) is 4.45. The van der Waals surface area contributed by atoms with Crippen LogP contribution in [0, 0.1) is 46.3 Å². The first-order valence-electron chi connectivity index (χ1n) is 13.3. The van der Waals surface area contributed by atoms with E-state index in [2.05, 4.69) is 39.9 Å². The summed E-state index contributed by atoms with van der Waals surface area (Å²) in [4.78, 5) is 11.1. The van der Waals surface area contributed by atoms with E-state index in [1.807, 2.05) is 0 Å². The minimum Gasteiger partial charge on any atom is -0.481 e. The fourth-order valence-corrected chi connectivity index (χ4v) is 9.33. The lowest BCUT2D eigenvalue weighted by Gasteiger charge is -2.64. The van der Waals surface area contributed by atoms with Gasteiger partial charge < -0.3 is 20.6 Å². The Balaban J connectivity index is 1.56. The summed E-state index contributed by atoms with van der Waals surface area (Å²) in [7, 11) is 0. The van der Waals surface area contributed by atoms with Gasteiger partial charge in [-0.25, -0.2) is 0 Å². The third-order valence-electron chi connectivity index (χ3n) is 10.9. The molecule has 0 saturated heterocycles. The molecule has 0 amide bonds. The van der Waals surface area contributed by atoms with Crippen LogP contribution >= 0.6 is 0 Å². The molecule has 4 saturated carbocycles. The van der Waals surface area contributed by atoms with Gasteiger partial charge >= 0.3 is 5.97 Å². The van der Waals surface area contributed by atoms with E-state index in [1.165, 1.54) is 12.8 Å². The summed E-state index contributed by atoms with van der Waals surface area (Å²) in [5, 5.41) is 36.0. The van der Waals surface area contributed by atoms with Crippen molar-refractivity contribution in [3.05, 3.63) is 0 Å². The maximum atomic E-state index is 11.6. The number of fused-ring (bicyclic) bond motifs is 5. The van der Waals surface area contributed by atoms with Crippen LogP contribution in [-0.2, 0) is 4.79 Å².